The Kier molecular flexibility index (Phi) is 5.47. The third-order valence-electron chi connectivity index (χ3n) is 4.53. The van der Waals surface area contributed by atoms with Gasteiger partial charge >= 0.3 is 6.61 Å². The van der Waals surface area contributed by atoms with Crippen LogP contribution in [-0.2, 0) is 16.4 Å². The number of fused-ring (bicyclic) bond motifs is 1. The van der Waals surface area contributed by atoms with E-state index in [1.807, 2.05) is 0 Å². The van der Waals surface area contributed by atoms with Gasteiger partial charge in [-0.1, -0.05) is 24.3 Å². The largest absolute Gasteiger partial charge is 0.417 e. The molecule has 0 saturated carbocycles. The van der Waals surface area contributed by atoms with Crippen molar-refractivity contribution in [1.29, 1.82) is 0 Å². The van der Waals surface area contributed by atoms with Crippen LogP contribution >= 0.6 is 0 Å². The minimum Gasteiger partial charge on any atom is -0.417 e. The molecule has 0 bridgehead atoms. The summed E-state index contributed by atoms with van der Waals surface area (Å²) in [7, 11) is -3.72. The summed E-state index contributed by atoms with van der Waals surface area (Å²) in [5.41, 5.74) is 0.132. The van der Waals surface area contributed by atoms with Gasteiger partial charge in [0.15, 0.2) is 0 Å². The summed E-state index contributed by atoms with van der Waals surface area (Å²) in [5.74, 6) is -0.232. The Labute approximate surface area is 175 Å². The van der Waals surface area contributed by atoms with E-state index in [0.29, 0.717) is 16.3 Å². The minimum atomic E-state index is -3.72. The van der Waals surface area contributed by atoms with Crippen molar-refractivity contribution in [3.05, 3.63) is 89.0 Å². The highest BCUT2D eigenvalue weighted by atomic mass is 32.2. The maximum absolute atomic E-state index is 12.8. The van der Waals surface area contributed by atoms with Gasteiger partial charge in [0.2, 0.25) is 15.7 Å². The molecule has 0 radical (unpaired) electrons. The zero-order valence-electron chi connectivity index (χ0n) is 15.9. The molecule has 2 heterocycles. The van der Waals surface area contributed by atoms with Crippen molar-refractivity contribution in [3.63, 3.8) is 0 Å². The lowest BCUT2D eigenvalue weighted by Gasteiger charge is -2.09. The first-order valence-corrected chi connectivity index (χ1v) is 10.5. The van der Waals surface area contributed by atoms with Crippen LogP contribution in [0.4, 0.5) is 8.78 Å². The smallest absolute Gasteiger partial charge is 0.388 e. The van der Waals surface area contributed by atoms with E-state index in [1.54, 1.807) is 18.2 Å². The van der Waals surface area contributed by atoms with Gasteiger partial charge in [-0.05, 0) is 35.9 Å². The molecule has 7 nitrogen and oxygen atoms in total. The molecule has 0 aliphatic rings. The lowest BCUT2D eigenvalue weighted by atomic mass is 10.2. The van der Waals surface area contributed by atoms with Crippen LogP contribution in [0.25, 0.3) is 10.8 Å². The maximum Gasteiger partial charge on any atom is 0.388 e. The molecule has 31 heavy (non-hydrogen) atoms. The average molecular weight is 443 g/mol. The second-order valence-electron chi connectivity index (χ2n) is 6.56. The topological polar surface area (TPSA) is 91.2 Å². The second-order valence-corrected chi connectivity index (χ2v) is 8.51. The van der Waals surface area contributed by atoms with Crippen LogP contribution < -0.4 is 10.3 Å². The highest BCUT2D eigenvalue weighted by Gasteiger charge is 2.18. The van der Waals surface area contributed by atoms with Crippen LogP contribution in [0.1, 0.15) is 5.56 Å². The predicted molar refractivity (Wildman–Crippen MR) is 108 cm³/mol. The van der Waals surface area contributed by atoms with Crippen LogP contribution in [0.15, 0.2) is 87.6 Å². The van der Waals surface area contributed by atoms with Crippen LogP contribution in [0.2, 0.25) is 0 Å². The van der Waals surface area contributed by atoms with Crippen LogP contribution in [0.5, 0.6) is 5.88 Å². The summed E-state index contributed by atoms with van der Waals surface area (Å²) >= 11 is 0. The summed E-state index contributed by atoms with van der Waals surface area (Å²) in [5, 5.41) is 4.78. The van der Waals surface area contributed by atoms with Gasteiger partial charge in [0, 0.05) is 17.6 Å². The van der Waals surface area contributed by atoms with Gasteiger partial charge in [-0.2, -0.15) is 13.9 Å². The monoisotopic (exact) mass is 443 g/mol. The molecule has 0 aliphatic heterocycles. The van der Waals surface area contributed by atoms with Crippen molar-refractivity contribution in [2.45, 2.75) is 22.9 Å². The molecule has 0 aliphatic carbocycles. The zero-order valence-corrected chi connectivity index (χ0v) is 16.7. The number of rotatable bonds is 6. The lowest BCUT2D eigenvalue weighted by molar-refractivity contribution is -0.0528. The highest BCUT2D eigenvalue weighted by Crippen LogP contribution is 2.23. The van der Waals surface area contributed by atoms with Crippen molar-refractivity contribution in [3.8, 4) is 5.88 Å². The summed E-state index contributed by atoms with van der Waals surface area (Å²) in [6.07, 6.45) is 2.72. The SMILES string of the molecule is O=c1c2ccc(S(=O)(=O)c3ccccc3)cc2cnn1Cc1ccc(OC(F)F)nc1. The normalized spacial score (nSPS) is 11.7. The number of sulfone groups is 1. The van der Waals surface area contributed by atoms with E-state index >= 15 is 0 Å². The van der Waals surface area contributed by atoms with Crippen molar-refractivity contribution < 1.29 is 21.9 Å². The van der Waals surface area contributed by atoms with Crippen molar-refractivity contribution in [2.75, 3.05) is 0 Å². The summed E-state index contributed by atoms with van der Waals surface area (Å²) in [4.78, 5) is 16.8. The molecular weight excluding hydrogens is 428 g/mol. The molecule has 0 atom stereocenters. The molecule has 2 aromatic carbocycles. The van der Waals surface area contributed by atoms with Gasteiger partial charge in [0.25, 0.3) is 5.56 Å². The van der Waals surface area contributed by atoms with E-state index in [0.717, 1.165) is 0 Å². The van der Waals surface area contributed by atoms with Gasteiger partial charge in [0.05, 0.1) is 27.9 Å². The molecule has 158 valence electrons. The molecule has 2 aromatic heterocycles. The van der Waals surface area contributed by atoms with E-state index in [9.17, 15) is 22.0 Å². The molecule has 4 rings (SSSR count). The molecule has 0 amide bonds. The van der Waals surface area contributed by atoms with Gasteiger partial charge in [-0.15, -0.1) is 0 Å². The number of alkyl halides is 2. The summed E-state index contributed by atoms with van der Waals surface area (Å²) in [6.45, 7) is -2.92. The first-order valence-electron chi connectivity index (χ1n) is 9.04. The molecular formula is C21H15F2N3O4S. The van der Waals surface area contributed by atoms with Crippen LogP contribution in [0.3, 0.4) is 0 Å². The van der Waals surface area contributed by atoms with Gasteiger partial charge < -0.3 is 4.74 Å². The summed E-state index contributed by atoms with van der Waals surface area (Å²) in [6, 6.07) is 15.0. The van der Waals surface area contributed by atoms with Crippen LogP contribution in [0, 0.1) is 0 Å². The predicted octanol–water partition coefficient (Wildman–Crippen LogP) is 3.27. The molecule has 4 aromatic rings. The van der Waals surface area contributed by atoms with Crippen LogP contribution in [-0.4, -0.2) is 29.8 Å². The Balaban J connectivity index is 1.64. The third-order valence-corrected chi connectivity index (χ3v) is 6.29. The first kappa shape index (κ1) is 20.6. The molecule has 0 unspecified atom stereocenters. The van der Waals surface area contributed by atoms with Gasteiger partial charge in [-0.3, -0.25) is 4.79 Å². The molecule has 0 N–H and O–H groups in total. The minimum absolute atomic E-state index is 0.0563. The molecule has 10 heteroatoms. The molecule has 0 spiro atoms. The van der Waals surface area contributed by atoms with E-state index in [4.69, 9.17) is 0 Å². The number of hydrogen-bond acceptors (Lipinski definition) is 6. The third kappa shape index (κ3) is 4.29. The van der Waals surface area contributed by atoms with E-state index < -0.39 is 22.0 Å². The van der Waals surface area contributed by atoms with Crippen molar-refractivity contribution in [1.82, 2.24) is 14.8 Å². The summed E-state index contributed by atoms with van der Waals surface area (Å²) < 4.78 is 55.4. The Morgan fingerprint density at radius 1 is 0.968 bits per heavy atom. The number of halogens is 2. The number of hydrogen-bond donors (Lipinski definition) is 0. The number of benzene rings is 2. The highest BCUT2D eigenvalue weighted by molar-refractivity contribution is 7.91. The van der Waals surface area contributed by atoms with E-state index in [1.165, 1.54) is 59.5 Å². The standard InChI is InChI=1S/C21H15F2N3O4S/c22-21(23)30-19-9-6-14(11-24-19)13-26-20(27)18-8-7-17(10-15(18)12-25-26)31(28,29)16-4-2-1-3-5-16/h1-12,21H,13H2. The van der Waals surface area contributed by atoms with Crippen molar-refractivity contribution >= 4 is 20.6 Å². The Hall–Kier alpha value is -3.66. The van der Waals surface area contributed by atoms with E-state index in [2.05, 4.69) is 14.8 Å². The van der Waals surface area contributed by atoms with Crippen molar-refractivity contribution in [2.24, 2.45) is 0 Å². The number of nitrogens with zero attached hydrogens (tertiary/aromatic N) is 3. The molecule has 0 saturated heterocycles. The fourth-order valence-electron chi connectivity index (χ4n) is 3.02. The Morgan fingerprint density at radius 3 is 2.42 bits per heavy atom. The fourth-order valence-corrected chi connectivity index (χ4v) is 4.34. The average Bonchev–Trinajstić information content (AvgIpc) is 2.77. The number of aromatic nitrogens is 3. The molecule has 0 fully saturated rings. The number of pyridine rings is 1. The quantitative estimate of drug-likeness (QED) is 0.454. The van der Waals surface area contributed by atoms with Gasteiger partial charge in [0.1, 0.15) is 0 Å². The fraction of sp³-hybridized carbons (Fsp3) is 0.0952. The second kappa shape index (κ2) is 8.23. The van der Waals surface area contributed by atoms with Gasteiger partial charge in [-0.25, -0.2) is 18.1 Å². The Bertz CT molecular complexity index is 1390. The zero-order chi connectivity index (χ0) is 22.0. The maximum atomic E-state index is 12.8. The lowest BCUT2D eigenvalue weighted by Crippen LogP contribution is -2.23. The van der Waals surface area contributed by atoms with E-state index in [-0.39, 0.29) is 22.2 Å². The Morgan fingerprint density at radius 2 is 1.74 bits per heavy atom. The number of ether oxygens (including phenoxy) is 1. The first-order chi connectivity index (χ1) is 14.8.